The van der Waals surface area contributed by atoms with Crippen LogP contribution in [-0.4, -0.2) is 45.0 Å². The maximum Gasteiger partial charge on any atom is 0.311 e. The monoisotopic (exact) mass is 357 g/mol. The van der Waals surface area contributed by atoms with Crippen molar-refractivity contribution in [2.45, 2.75) is 24.3 Å². The van der Waals surface area contributed by atoms with Gasteiger partial charge in [-0.25, -0.2) is 13.1 Å². The molecule has 2 atom stereocenters. The Bertz CT molecular complexity index is 704. The molecule has 1 aromatic rings. The fourth-order valence-electron chi connectivity index (χ4n) is 2.51. The number of rotatable bonds is 6. The second kappa shape index (κ2) is 7.69. The van der Waals surface area contributed by atoms with Gasteiger partial charge in [-0.3, -0.25) is 14.9 Å². The van der Waals surface area contributed by atoms with Gasteiger partial charge < -0.3 is 10.1 Å². The second-order valence-corrected chi connectivity index (χ2v) is 7.04. The predicted molar refractivity (Wildman–Crippen MR) is 84.8 cm³/mol. The van der Waals surface area contributed by atoms with Gasteiger partial charge in [-0.1, -0.05) is 0 Å². The lowest BCUT2D eigenvalue weighted by atomic mass is 9.94. The zero-order chi connectivity index (χ0) is 17.7. The summed E-state index contributed by atoms with van der Waals surface area (Å²) in [5, 5.41) is 13.7. The smallest absolute Gasteiger partial charge is 0.311 e. The summed E-state index contributed by atoms with van der Waals surface area (Å²) >= 11 is 0. The molecule has 0 radical (unpaired) electrons. The molecule has 1 aliphatic heterocycles. The minimum Gasteiger partial charge on any atom is -0.466 e. The van der Waals surface area contributed by atoms with Gasteiger partial charge in [0, 0.05) is 24.7 Å². The highest BCUT2D eigenvalue weighted by atomic mass is 32.2. The van der Waals surface area contributed by atoms with Crippen molar-refractivity contribution in [3.8, 4) is 0 Å². The number of nitrogens with one attached hydrogen (secondary N) is 2. The highest BCUT2D eigenvalue weighted by molar-refractivity contribution is 7.89. The fourth-order valence-corrected chi connectivity index (χ4v) is 3.82. The molecular formula is C14H19N3O6S. The first kappa shape index (κ1) is 18.3. The molecule has 0 bridgehead atoms. The predicted octanol–water partition coefficient (Wildman–Crippen LogP) is 0.414. The van der Waals surface area contributed by atoms with E-state index in [-0.39, 0.29) is 17.2 Å². The van der Waals surface area contributed by atoms with E-state index in [9.17, 15) is 23.3 Å². The van der Waals surface area contributed by atoms with E-state index >= 15 is 0 Å². The minimum absolute atomic E-state index is 0.0887. The Labute approximate surface area is 139 Å². The first-order valence-electron chi connectivity index (χ1n) is 7.49. The van der Waals surface area contributed by atoms with Crippen LogP contribution < -0.4 is 10.0 Å². The molecule has 1 aliphatic rings. The van der Waals surface area contributed by atoms with Crippen molar-refractivity contribution in [2.75, 3.05) is 19.7 Å². The summed E-state index contributed by atoms with van der Waals surface area (Å²) in [6, 6.07) is 3.99. The molecule has 132 valence electrons. The summed E-state index contributed by atoms with van der Waals surface area (Å²) < 4.78 is 32.4. The number of nitro groups is 1. The van der Waals surface area contributed by atoms with Gasteiger partial charge in [0.1, 0.15) is 0 Å². The molecule has 0 spiro atoms. The number of ether oxygens (including phenoxy) is 1. The van der Waals surface area contributed by atoms with E-state index in [4.69, 9.17) is 4.74 Å². The lowest BCUT2D eigenvalue weighted by molar-refractivity contribution is -0.384. The van der Waals surface area contributed by atoms with Crippen LogP contribution in [0.15, 0.2) is 29.2 Å². The molecule has 0 unspecified atom stereocenters. The third kappa shape index (κ3) is 4.28. The molecule has 10 heteroatoms. The van der Waals surface area contributed by atoms with Crippen LogP contribution in [0, 0.1) is 16.0 Å². The first-order valence-corrected chi connectivity index (χ1v) is 8.97. The second-order valence-electron chi connectivity index (χ2n) is 5.33. The normalized spacial score (nSPS) is 21.2. The number of hydrogen-bond acceptors (Lipinski definition) is 7. The Balaban J connectivity index is 2.16. The molecule has 1 fully saturated rings. The van der Waals surface area contributed by atoms with E-state index in [1.54, 1.807) is 6.92 Å². The average Bonchev–Trinajstić information content (AvgIpc) is 2.55. The minimum atomic E-state index is -3.89. The SMILES string of the molecule is CCOC(=O)[C@H]1CNCC[C@H]1NS(=O)(=O)c1ccc([N+](=O)[O-])cc1. The average molecular weight is 357 g/mol. The summed E-state index contributed by atoms with van der Waals surface area (Å²) in [6.07, 6.45) is 0.440. The van der Waals surface area contributed by atoms with Crippen LogP contribution >= 0.6 is 0 Å². The van der Waals surface area contributed by atoms with Crippen molar-refractivity contribution >= 4 is 21.7 Å². The fraction of sp³-hybridized carbons (Fsp3) is 0.500. The van der Waals surface area contributed by atoms with Crippen LogP contribution in [0.4, 0.5) is 5.69 Å². The Morgan fingerprint density at radius 2 is 2.08 bits per heavy atom. The lowest BCUT2D eigenvalue weighted by Gasteiger charge is -2.30. The summed E-state index contributed by atoms with van der Waals surface area (Å²) in [5.41, 5.74) is -0.194. The van der Waals surface area contributed by atoms with Crippen LogP contribution in [0.2, 0.25) is 0 Å². The Morgan fingerprint density at radius 3 is 2.67 bits per heavy atom. The number of benzene rings is 1. The summed E-state index contributed by atoms with van der Waals surface area (Å²) in [4.78, 5) is 21.9. The molecule has 0 amide bonds. The van der Waals surface area contributed by atoms with Crippen molar-refractivity contribution < 1.29 is 22.9 Å². The summed E-state index contributed by atoms with van der Waals surface area (Å²) in [5.74, 6) is -1.08. The zero-order valence-electron chi connectivity index (χ0n) is 13.1. The summed E-state index contributed by atoms with van der Waals surface area (Å²) in [7, 11) is -3.89. The maximum absolute atomic E-state index is 12.5. The molecule has 24 heavy (non-hydrogen) atoms. The number of esters is 1. The molecule has 2 rings (SSSR count). The molecule has 1 aromatic carbocycles. The molecule has 1 saturated heterocycles. The van der Waals surface area contributed by atoms with Crippen molar-refractivity contribution in [1.29, 1.82) is 0 Å². The third-order valence-electron chi connectivity index (χ3n) is 3.74. The number of carbonyl (C=O) groups is 1. The third-order valence-corrected chi connectivity index (χ3v) is 5.24. The van der Waals surface area contributed by atoms with E-state index in [1.807, 2.05) is 0 Å². The van der Waals surface area contributed by atoms with Gasteiger partial charge in [0.25, 0.3) is 5.69 Å². The topological polar surface area (TPSA) is 128 Å². The first-order chi connectivity index (χ1) is 11.3. The number of nitro benzene ring substituents is 1. The molecule has 0 aromatic heterocycles. The van der Waals surface area contributed by atoms with Crippen molar-refractivity contribution in [3.05, 3.63) is 34.4 Å². The maximum atomic E-state index is 12.5. The molecular weight excluding hydrogens is 338 g/mol. The van der Waals surface area contributed by atoms with Crippen molar-refractivity contribution in [3.63, 3.8) is 0 Å². The van der Waals surface area contributed by atoms with Gasteiger partial charge in [0.2, 0.25) is 10.0 Å². The standard InChI is InChI=1S/C14H19N3O6S/c1-2-23-14(18)12-9-15-8-7-13(12)16-24(21,22)11-5-3-10(4-6-11)17(19)20/h3-6,12-13,15-16H,2,7-9H2,1H3/t12-,13+/m0/s1. The van der Waals surface area contributed by atoms with Crippen LogP contribution in [0.3, 0.4) is 0 Å². The Hall–Kier alpha value is -2.04. The van der Waals surface area contributed by atoms with Gasteiger partial charge in [-0.05, 0) is 32.0 Å². The van der Waals surface area contributed by atoms with Crippen LogP contribution in [0.25, 0.3) is 0 Å². The van der Waals surface area contributed by atoms with Gasteiger partial charge >= 0.3 is 5.97 Å². The summed E-state index contributed by atoms with van der Waals surface area (Å²) in [6.45, 7) is 2.80. The van der Waals surface area contributed by atoms with Gasteiger partial charge in [0.05, 0.1) is 22.3 Å². The number of hydrogen-bond donors (Lipinski definition) is 2. The Morgan fingerprint density at radius 1 is 1.42 bits per heavy atom. The van der Waals surface area contributed by atoms with Gasteiger partial charge in [-0.2, -0.15) is 0 Å². The quantitative estimate of drug-likeness (QED) is 0.429. The van der Waals surface area contributed by atoms with Gasteiger partial charge in [-0.15, -0.1) is 0 Å². The number of piperidine rings is 1. The van der Waals surface area contributed by atoms with Crippen LogP contribution in [-0.2, 0) is 19.6 Å². The number of carbonyl (C=O) groups excluding carboxylic acids is 1. The van der Waals surface area contributed by atoms with Crippen LogP contribution in [0.5, 0.6) is 0 Å². The zero-order valence-corrected chi connectivity index (χ0v) is 13.9. The van der Waals surface area contributed by atoms with Gasteiger partial charge in [0.15, 0.2) is 0 Å². The van der Waals surface area contributed by atoms with Crippen molar-refractivity contribution in [1.82, 2.24) is 10.0 Å². The highest BCUT2D eigenvalue weighted by Gasteiger charge is 2.35. The Kier molecular flexibility index (Phi) is 5.86. The molecule has 0 aliphatic carbocycles. The lowest BCUT2D eigenvalue weighted by Crippen LogP contribution is -2.52. The number of non-ortho nitro benzene ring substituents is 1. The highest BCUT2D eigenvalue weighted by Crippen LogP contribution is 2.19. The van der Waals surface area contributed by atoms with E-state index in [0.29, 0.717) is 19.5 Å². The van der Waals surface area contributed by atoms with E-state index in [0.717, 1.165) is 12.1 Å². The van der Waals surface area contributed by atoms with Crippen molar-refractivity contribution in [2.24, 2.45) is 5.92 Å². The van der Waals surface area contributed by atoms with Crippen LogP contribution in [0.1, 0.15) is 13.3 Å². The van der Waals surface area contributed by atoms with E-state index < -0.39 is 32.9 Å². The number of sulfonamides is 1. The number of nitrogens with zero attached hydrogens (tertiary/aromatic N) is 1. The molecule has 0 saturated carbocycles. The molecule has 2 N–H and O–H groups in total. The molecule has 1 heterocycles. The largest absolute Gasteiger partial charge is 0.466 e. The molecule has 9 nitrogen and oxygen atoms in total. The van der Waals surface area contributed by atoms with E-state index in [2.05, 4.69) is 10.0 Å². The van der Waals surface area contributed by atoms with E-state index in [1.165, 1.54) is 12.1 Å².